The fraction of sp³-hybridized carbons (Fsp3) is 0.250. The summed E-state index contributed by atoms with van der Waals surface area (Å²) in [5.74, 6) is 0.845. The summed E-state index contributed by atoms with van der Waals surface area (Å²) in [4.78, 5) is 0. The molecule has 104 valence electrons. The zero-order chi connectivity index (χ0) is 14.3. The molecular weight excluding hydrogens is 274 g/mol. The SMILES string of the molecule is COc1cccc2c1C(C)OC2c1cc(Cl)ccc1N. The Bertz CT molecular complexity index is 657. The van der Waals surface area contributed by atoms with E-state index in [0.29, 0.717) is 10.7 Å². The minimum atomic E-state index is -0.200. The maximum atomic E-state index is 6.08. The Hall–Kier alpha value is -1.71. The van der Waals surface area contributed by atoms with E-state index in [0.717, 1.165) is 22.4 Å². The van der Waals surface area contributed by atoms with Crippen molar-refractivity contribution in [3.8, 4) is 5.75 Å². The Morgan fingerprint density at radius 3 is 2.75 bits per heavy atom. The zero-order valence-corrected chi connectivity index (χ0v) is 12.1. The van der Waals surface area contributed by atoms with Crippen LogP contribution in [0.2, 0.25) is 5.02 Å². The van der Waals surface area contributed by atoms with E-state index in [4.69, 9.17) is 26.8 Å². The van der Waals surface area contributed by atoms with Crippen molar-refractivity contribution >= 4 is 17.3 Å². The molecule has 0 saturated heterocycles. The van der Waals surface area contributed by atoms with Gasteiger partial charge in [0.05, 0.1) is 13.2 Å². The van der Waals surface area contributed by atoms with Crippen LogP contribution in [0.1, 0.15) is 35.8 Å². The van der Waals surface area contributed by atoms with E-state index in [9.17, 15) is 0 Å². The topological polar surface area (TPSA) is 44.5 Å². The van der Waals surface area contributed by atoms with Crippen LogP contribution in [0.4, 0.5) is 5.69 Å². The molecule has 3 rings (SSSR count). The molecule has 4 heteroatoms. The number of nitrogens with two attached hydrogens (primary N) is 1. The second-order valence-electron chi connectivity index (χ2n) is 4.89. The summed E-state index contributed by atoms with van der Waals surface area (Å²) in [6, 6.07) is 11.4. The lowest BCUT2D eigenvalue weighted by Crippen LogP contribution is -2.03. The molecule has 2 aromatic rings. The molecule has 2 unspecified atom stereocenters. The van der Waals surface area contributed by atoms with E-state index in [1.807, 2.05) is 37.3 Å². The summed E-state index contributed by atoms with van der Waals surface area (Å²) in [6.07, 6.45) is -0.238. The average molecular weight is 290 g/mol. The van der Waals surface area contributed by atoms with Gasteiger partial charge >= 0.3 is 0 Å². The van der Waals surface area contributed by atoms with Gasteiger partial charge in [-0.1, -0.05) is 23.7 Å². The Labute approximate surface area is 123 Å². The molecule has 20 heavy (non-hydrogen) atoms. The summed E-state index contributed by atoms with van der Waals surface area (Å²) in [5, 5.41) is 0.654. The van der Waals surface area contributed by atoms with Gasteiger partial charge in [-0.2, -0.15) is 0 Å². The summed E-state index contributed by atoms with van der Waals surface area (Å²) in [5.41, 5.74) is 9.83. The highest BCUT2D eigenvalue weighted by atomic mass is 35.5. The van der Waals surface area contributed by atoms with Crippen LogP contribution in [0.15, 0.2) is 36.4 Å². The van der Waals surface area contributed by atoms with Crippen LogP contribution < -0.4 is 10.5 Å². The number of rotatable bonds is 2. The molecule has 0 saturated carbocycles. The molecule has 2 aromatic carbocycles. The Kier molecular flexibility index (Phi) is 3.32. The van der Waals surface area contributed by atoms with Gasteiger partial charge in [0.25, 0.3) is 0 Å². The number of nitrogen functional groups attached to an aromatic ring is 1. The first-order valence-electron chi connectivity index (χ1n) is 6.49. The molecule has 0 aliphatic carbocycles. The average Bonchev–Trinajstić information content (AvgIpc) is 2.79. The molecule has 2 N–H and O–H groups in total. The molecule has 2 atom stereocenters. The Morgan fingerprint density at radius 1 is 1.20 bits per heavy atom. The van der Waals surface area contributed by atoms with E-state index < -0.39 is 0 Å². The standard InChI is InChI=1S/C16H16ClNO2/c1-9-15-11(4-3-5-14(15)19-2)16(20-9)12-8-10(17)6-7-13(12)18/h3-9,16H,18H2,1-2H3. The van der Waals surface area contributed by atoms with Crippen molar-refractivity contribution in [1.82, 2.24) is 0 Å². The Morgan fingerprint density at radius 2 is 2.00 bits per heavy atom. The van der Waals surface area contributed by atoms with Crippen molar-refractivity contribution in [1.29, 1.82) is 0 Å². The number of halogens is 1. The van der Waals surface area contributed by atoms with E-state index >= 15 is 0 Å². The van der Waals surface area contributed by atoms with Crippen LogP contribution in [0, 0.1) is 0 Å². The predicted octanol–water partition coefficient (Wildman–Crippen LogP) is 4.11. The fourth-order valence-electron chi connectivity index (χ4n) is 2.76. The third-order valence-corrected chi connectivity index (χ3v) is 3.92. The van der Waals surface area contributed by atoms with Crippen LogP contribution in [-0.2, 0) is 4.74 Å². The highest BCUT2D eigenvalue weighted by molar-refractivity contribution is 6.30. The van der Waals surface area contributed by atoms with E-state index in [-0.39, 0.29) is 12.2 Å². The molecule has 0 spiro atoms. The monoisotopic (exact) mass is 289 g/mol. The van der Waals surface area contributed by atoms with Crippen molar-refractivity contribution < 1.29 is 9.47 Å². The van der Waals surface area contributed by atoms with Gasteiger partial charge in [-0.15, -0.1) is 0 Å². The predicted molar refractivity (Wildman–Crippen MR) is 80.2 cm³/mol. The number of anilines is 1. The zero-order valence-electron chi connectivity index (χ0n) is 11.4. The number of ether oxygens (including phenoxy) is 2. The maximum absolute atomic E-state index is 6.08. The van der Waals surface area contributed by atoms with Gasteiger partial charge in [0.2, 0.25) is 0 Å². The summed E-state index contributed by atoms with van der Waals surface area (Å²) in [6.45, 7) is 2.02. The second kappa shape index (κ2) is 5.00. The summed E-state index contributed by atoms with van der Waals surface area (Å²) >= 11 is 6.08. The highest BCUT2D eigenvalue weighted by Gasteiger charge is 2.33. The number of methoxy groups -OCH3 is 1. The first-order valence-corrected chi connectivity index (χ1v) is 6.86. The lowest BCUT2D eigenvalue weighted by Gasteiger charge is -2.15. The number of fused-ring (bicyclic) bond motifs is 1. The molecule has 1 heterocycles. The minimum Gasteiger partial charge on any atom is -0.496 e. The van der Waals surface area contributed by atoms with Gasteiger partial charge in [0, 0.05) is 21.8 Å². The first-order chi connectivity index (χ1) is 9.61. The first kappa shape index (κ1) is 13.3. The Balaban J connectivity index is 2.14. The third-order valence-electron chi connectivity index (χ3n) is 3.68. The highest BCUT2D eigenvalue weighted by Crippen LogP contribution is 2.47. The molecule has 0 aromatic heterocycles. The largest absolute Gasteiger partial charge is 0.496 e. The quantitative estimate of drug-likeness (QED) is 0.846. The van der Waals surface area contributed by atoms with Crippen LogP contribution in [0.3, 0.4) is 0 Å². The second-order valence-corrected chi connectivity index (χ2v) is 5.33. The van der Waals surface area contributed by atoms with E-state index in [1.165, 1.54) is 0 Å². The van der Waals surface area contributed by atoms with Crippen LogP contribution in [0.5, 0.6) is 5.75 Å². The maximum Gasteiger partial charge on any atom is 0.125 e. The van der Waals surface area contributed by atoms with Gasteiger partial charge in [-0.3, -0.25) is 0 Å². The van der Waals surface area contributed by atoms with Gasteiger partial charge in [-0.05, 0) is 36.8 Å². The van der Waals surface area contributed by atoms with Gasteiger partial charge in [-0.25, -0.2) is 0 Å². The molecule has 1 aliphatic heterocycles. The number of hydrogen-bond donors (Lipinski definition) is 1. The summed E-state index contributed by atoms with van der Waals surface area (Å²) in [7, 11) is 1.67. The van der Waals surface area contributed by atoms with Gasteiger partial charge in [0.15, 0.2) is 0 Å². The minimum absolute atomic E-state index is 0.0375. The summed E-state index contributed by atoms with van der Waals surface area (Å²) < 4.78 is 11.5. The fourth-order valence-corrected chi connectivity index (χ4v) is 2.94. The van der Waals surface area contributed by atoms with Crippen molar-refractivity contribution in [3.63, 3.8) is 0 Å². The normalized spacial score (nSPS) is 20.8. The van der Waals surface area contributed by atoms with Crippen molar-refractivity contribution in [2.24, 2.45) is 0 Å². The van der Waals surface area contributed by atoms with Crippen molar-refractivity contribution in [2.45, 2.75) is 19.1 Å². The molecule has 0 radical (unpaired) electrons. The molecular formula is C16H16ClNO2. The lowest BCUT2D eigenvalue weighted by molar-refractivity contribution is 0.0451. The molecule has 0 bridgehead atoms. The van der Waals surface area contributed by atoms with E-state index in [1.54, 1.807) is 13.2 Å². The van der Waals surface area contributed by atoms with Gasteiger partial charge in [0.1, 0.15) is 11.9 Å². The third kappa shape index (κ3) is 2.03. The molecule has 3 nitrogen and oxygen atoms in total. The van der Waals surface area contributed by atoms with Crippen molar-refractivity contribution in [2.75, 3.05) is 12.8 Å². The molecule has 0 amide bonds. The molecule has 1 aliphatic rings. The lowest BCUT2D eigenvalue weighted by atomic mass is 9.96. The molecule has 0 fully saturated rings. The van der Waals surface area contributed by atoms with Gasteiger partial charge < -0.3 is 15.2 Å². The number of hydrogen-bond acceptors (Lipinski definition) is 3. The van der Waals surface area contributed by atoms with Crippen LogP contribution in [-0.4, -0.2) is 7.11 Å². The van der Waals surface area contributed by atoms with Crippen LogP contribution >= 0.6 is 11.6 Å². The smallest absolute Gasteiger partial charge is 0.125 e. The van der Waals surface area contributed by atoms with E-state index in [2.05, 4.69) is 0 Å². The number of benzene rings is 2. The van der Waals surface area contributed by atoms with Crippen LogP contribution in [0.25, 0.3) is 0 Å². The van der Waals surface area contributed by atoms with Crippen molar-refractivity contribution in [3.05, 3.63) is 58.1 Å².